The second-order valence-corrected chi connectivity index (χ2v) is 5.27. The van der Waals surface area contributed by atoms with Gasteiger partial charge in [-0.2, -0.15) is 0 Å². The van der Waals surface area contributed by atoms with Crippen LogP contribution in [-0.4, -0.2) is 21.3 Å². The molecule has 0 fully saturated rings. The van der Waals surface area contributed by atoms with Crippen molar-refractivity contribution in [3.8, 4) is 11.8 Å². The fraction of sp³-hybridized carbons (Fsp3) is 0.286. The normalized spacial score (nSPS) is 10.1. The average molecular weight is 290 g/mol. The molecule has 0 aromatic carbocycles. The Morgan fingerprint density at radius 2 is 2.25 bits per heavy atom. The van der Waals surface area contributed by atoms with Crippen molar-refractivity contribution in [1.29, 1.82) is 0 Å². The molecule has 0 saturated carbocycles. The highest BCUT2D eigenvalue weighted by atomic mass is 32.1. The molecule has 20 heavy (non-hydrogen) atoms. The summed E-state index contributed by atoms with van der Waals surface area (Å²) in [6, 6.07) is 1.90. The predicted octanol–water partition coefficient (Wildman–Crippen LogP) is 0.689. The largest absolute Gasteiger partial charge is 0.395 e. The number of H-pyrrole nitrogens is 1. The summed E-state index contributed by atoms with van der Waals surface area (Å²) in [6.07, 6.45) is 2.00. The van der Waals surface area contributed by atoms with Crippen molar-refractivity contribution in [2.45, 2.75) is 19.9 Å². The zero-order chi connectivity index (χ0) is 14.5. The van der Waals surface area contributed by atoms with Crippen molar-refractivity contribution in [2.24, 2.45) is 0 Å². The van der Waals surface area contributed by atoms with E-state index in [4.69, 9.17) is 5.11 Å². The molecule has 6 heteroatoms. The standard InChI is InChI=1S/C14H14N2O3S/c1-10-7-16(14(19)15-13(10)18)8-12-6-11(9-20-12)4-2-3-5-17/h6-7,9,17H,3,5,8H2,1H3,(H,15,18,19). The first kappa shape index (κ1) is 14.3. The monoisotopic (exact) mass is 290 g/mol. The Bertz CT molecular complexity index is 774. The smallest absolute Gasteiger partial charge is 0.328 e. The fourth-order valence-corrected chi connectivity index (χ4v) is 2.47. The molecular weight excluding hydrogens is 276 g/mol. The van der Waals surface area contributed by atoms with Crippen LogP contribution in [0.3, 0.4) is 0 Å². The van der Waals surface area contributed by atoms with Crippen LogP contribution in [0.4, 0.5) is 0 Å². The van der Waals surface area contributed by atoms with E-state index in [9.17, 15) is 9.59 Å². The highest BCUT2D eigenvalue weighted by Gasteiger charge is 2.04. The number of aliphatic hydroxyl groups excluding tert-OH is 1. The Morgan fingerprint density at radius 3 is 3.00 bits per heavy atom. The van der Waals surface area contributed by atoms with Crippen LogP contribution in [0.2, 0.25) is 0 Å². The van der Waals surface area contributed by atoms with E-state index in [0.29, 0.717) is 18.5 Å². The van der Waals surface area contributed by atoms with Crippen molar-refractivity contribution < 1.29 is 5.11 Å². The molecular formula is C14H14N2O3S. The molecule has 2 aromatic rings. The molecule has 0 aliphatic heterocycles. The quantitative estimate of drug-likeness (QED) is 0.817. The number of nitrogens with zero attached hydrogens (tertiary/aromatic N) is 1. The van der Waals surface area contributed by atoms with Crippen LogP contribution < -0.4 is 11.2 Å². The molecule has 0 aliphatic rings. The van der Waals surface area contributed by atoms with Crippen LogP contribution in [-0.2, 0) is 6.54 Å². The maximum Gasteiger partial charge on any atom is 0.328 e. The molecule has 0 aliphatic carbocycles. The van der Waals surface area contributed by atoms with Crippen LogP contribution in [0.5, 0.6) is 0 Å². The van der Waals surface area contributed by atoms with Crippen LogP contribution in [0.1, 0.15) is 22.4 Å². The zero-order valence-electron chi connectivity index (χ0n) is 11.0. The summed E-state index contributed by atoms with van der Waals surface area (Å²) in [6.45, 7) is 2.12. The molecule has 0 amide bonds. The molecule has 0 atom stereocenters. The summed E-state index contributed by atoms with van der Waals surface area (Å²) in [7, 11) is 0. The Kier molecular flexibility index (Phi) is 4.56. The lowest BCUT2D eigenvalue weighted by molar-refractivity contribution is 0.305. The molecule has 2 rings (SSSR count). The van der Waals surface area contributed by atoms with Gasteiger partial charge in [-0.3, -0.25) is 14.3 Å². The highest BCUT2D eigenvalue weighted by Crippen LogP contribution is 2.14. The third-order valence-electron chi connectivity index (χ3n) is 2.64. The molecule has 0 saturated heterocycles. The minimum Gasteiger partial charge on any atom is -0.395 e. The van der Waals surface area contributed by atoms with E-state index in [1.54, 1.807) is 13.1 Å². The van der Waals surface area contributed by atoms with Crippen molar-refractivity contribution in [2.75, 3.05) is 6.61 Å². The molecule has 2 N–H and O–H groups in total. The number of aryl methyl sites for hydroxylation is 1. The summed E-state index contributed by atoms with van der Waals surface area (Å²) in [5.74, 6) is 5.79. The average Bonchev–Trinajstić information content (AvgIpc) is 2.84. The van der Waals surface area contributed by atoms with Gasteiger partial charge in [-0.1, -0.05) is 11.8 Å². The van der Waals surface area contributed by atoms with Crippen molar-refractivity contribution >= 4 is 11.3 Å². The van der Waals surface area contributed by atoms with Crippen molar-refractivity contribution in [3.63, 3.8) is 0 Å². The third kappa shape index (κ3) is 3.47. The number of aromatic nitrogens is 2. The van der Waals surface area contributed by atoms with Crippen LogP contribution >= 0.6 is 11.3 Å². The van der Waals surface area contributed by atoms with Crippen molar-refractivity contribution in [1.82, 2.24) is 9.55 Å². The first-order valence-corrected chi connectivity index (χ1v) is 6.95. The molecule has 104 valence electrons. The maximum absolute atomic E-state index is 11.7. The number of nitrogens with one attached hydrogen (secondary N) is 1. The van der Waals surface area contributed by atoms with E-state index in [2.05, 4.69) is 16.8 Å². The van der Waals surface area contributed by atoms with Gasteiger partial charge in [0.15, 0.2) is 0 Å². The Labute approximate surface area is 119 Å². The maximum atomic E-state index is 11.7. The number of hydrogen-bond acceptors (Lipinski definition) is 4. The molecule has 0 unspecified atom stereocenters. The second-order valence-electron chi connectivity index (χ2n) is 4.28. The van der Waals surface area contributed by atoms with E-state index < -0.39 is 5.69 Å². The molecule has 5 nitrogen and oxygen atoms in total. The van der Waals surface area contributed by atoms with Gasteiger partial charge in [0.2, 0.25) is 0 Å². The van der Waals surface area contributed by atoms with Gasteiger partial charge in [0.25, 0.3) is 5.56 Å². The number of hydrogen-bond donors (Lipinski definition) is 2. The SMILES string of the molecule is Cc1cn(Cc2cc(C#CCCO)cs2)c(=O)[nH]c1=O. The van der Waals surface area contributed by atoms with E-state index in [1.807, 2.05) is 11.4 Å². The minimum atomic E-state index is -0.415. The first-order valence-electron chi connectivity index (χ1n) is 6.07. The zero-order valence-corrected chi connectivity index (χ0v) is 11.8. The third-order valence-corrected chi connectivity index (χ3v) is 3.56. The second kappa shape index (κ2) is 6.37. The van der Waals surface area contributed by atoms with Crippen LogP contribution in [0.15, 0.2) is 27.2 Å². The lowest BCUT2D eigenvalue weighted by atomic mass is 10.3. The summed E-state index contributed by atoms with van der Waals surface area (Å²) < 4.78 is 1.47. The van der Waals surface area contributed by atoms with Gasteiger partial charge in [0, 0.05) is 34.0 Å². The van der Waals surface area contributed by atoms with E-state index in [-0.39, 0.29) is 12.2 Å². The molecule has 2 heterocycles. The summed E-state index contributed by atoms with van der Waals surface area (Å²) in [5, 5.41) is 10.6. The summed E-state index contributed by atoms with van der Waals surface area (Å²) in [4.78, 5) is 26.2. The van der Waals surface area contributed by atoms with Gasteiger partial charge in [-0.25, -0.2) is 4.79 Å². The fourth-order valence-electron chi connectivity index (χ4n) is 1.65. The Balaban J connectivity index is 2.20. The topological polar surface area (TPSA) is 75.1 Å². The predicted molar refractivity (Wildman–Crippen MR) is 78.1 cm³/mol. The van der Waals surface area contributed by atoms with Gasteiger partial charge in [-0.15, -0.1) is 11.3 Å². The number of aliphatic hydroxyl groups is 1. The van der Waals surface area contributed by atoms with Gasteiger partial charge in [0.05, 0.1) is 13.2 Å². The number of aromatic amines is 1. The Hall–Kier alpha value is -2.10. The van der Waals surface area contributed by atoms with Gasteiger partial charge < -0.3 is 5.11 Å². The lowest BCUT2D eigenvalue weighted by Crippen LogP contribution is -2.30. The van der Waals surface area contributed by atoms with Crippen LogP contribution in [0, 0.1) is 18.8 Å². The Morgan fingerprint density at radius 1 is 1.45 bits per heavy atom. The van der Waals surface area contributed by atoms with Gasteiger partial charge in [0.1, 0.15) is 0 Å². The molecule has 0 radical (unpaired) electrons. The molecule has 0 spiro atoms. The van der Waals surface area contributed by atoms with Crippen LogP contribution in [0.25, 0.3) is 0 Å². The molecule has 2 aromatic heterocycles. The summed E-state index contributed by atoms with van der Waals surface area (Å²) >= 11 is 1.50. The van der Waals surface area contributed by atoms with Gasteiger partial charge >= 0.3 is 5.69 Å². The number of rotatable bonds is 3. The van der Waals surface area contributed by atoms with E-state index >= 15 is 0 Å². The number of thiophene rings is 1. The van der Waals surface area contributed by atoms with E-state index in [1.165, 1.54) is 15.9 Å². The summed E-state index contributed by atoms with van der Waals surface area (Å²) in [5.41, 5.74) is 0.603. The highest BCUT2D eigenvalue weighted by molar-refractivity contribution is 7.10. The van der Waals surface area contributed by atoms with Crippen molar-refractivity contribution in [3.05, 3.63) is 54.5 Å². The van der Waals surface area contributed by atoms with Gasteiger partial charge in [-0.05, 0) is 13.0 Å². The first-order chi connectivity index (χ1) is 9.60. The van der Waals surface area contributed by atoms with E-state index in [0.717, 1.165) is 10.4 Å². The lowest BCUT2D eigenvalue weighted by Gasteiger charge is -2.03. The molecule has 0 bridgehead atoms. The minimum absolute atomic E-state index is 0.0516.